The van der Waals surface area contributed by atoms with Crippen LogP contribution in [0.4, 0.5) is 19.0 Å². The minimum absolute atomic E-state index is 0.212. The number of carbonyl (C=O) groups is 2. The summed E-state index contributed by atoms with van der Waals surface area (Å²) in [7, 11) is 1.55. The largest absolute Gasteiger partial charge is 0.416 e. The van der Waals surface area contributed by atoms with Gasteiger partial charge in [-0.15, -0.1) is 0 Å². The Kier molecular flexibility index (Phi) is 4.47. The van der Waals surface area contributed by atoms with E-state index >= 15 is 0 Å². The summed E-state index contributed by atoms with van der Waals surface area (Å²) in [6, 6.07) is 4.52. The van der Waals surface area contributed by atoms with Crippen LogP contribution in [0.1, 0.15) is 22.6 Å². The SMILES string of the molecule is Cc1conc1NC(=O)[C@@H]1C(=O)N(C)C[C@H]1c1ccc(C(F)(F)F)cc1. The number of amides is 2. The molecule has 1 aromatic heterocycles. The Labute approximate surface area is 146 Å². The van der Waals surface area contributed by atoms with Gasteiger partial charge in [-0.05, 0) is 24.6 Å². The molecule has 2 atom stereocenters. The van der Waals surface area contributed by atoms with Crippen molar-refractivity contribution < 1.29 is 27.3 Å². The van der Waals surface area contributed by atoms with Crippen molar-refractivity contribution >= 4 is 17.6 Å². The predicted molar refractivity (Wildman–Crippen MR) is 85.2 cm³/mol. The number of nitrogens with one attached hydrogen (secondary N) is 1. The first kappa shape index (κ1) is 18.0. The Hall–Kier alpha value is -2.84. The van der Waals surface area contributed by atoms with Crippen molar-refractivity contribution in [1.29, 1.82) is 0 Å². The molecule has 2 amide bonds. The maximum Gasteiger partial charge on any atom is 0.416 e. The number of benzene rings is 1. The van der Waals surface area contributed by atoms with E-state index in [1.165, 1.54) is 23.3 Å². The van der Waals surface area contributed by atoms with Gasteiger partial charge in [0.05, 0.1) is 5.56 Å². The van der Waals surface area contributed by atoms with E-state index in [4.69, 9.17) is 4.52 Å². The molecule has 26 heavy (non-hydrogen) atoms. The van der Waals surface area contributed by atoms with Gasteiger partial charge in [-0.3, -0.25) is 9.59 Å². The molecule has 0 saturated carbocycles. The zero-order valence-electron chi connectivity index (χ0n) is 14.0. The average Bonchev–Trinajstić information content (AvgIpc) is 3.11. The second kappa shape index (κ2) is 6.47. The number of carbonyl (C=O) groups excluding carboxylic acids is 2. The molecule has 0 unspecified atom stereocenters. The first-order valence-corrected chi connectivity index (χ1v) is 7.82. The molecule has 6 nitrogen and oxygen atoms in total. The molecule has 2 heterocycles. The second-order valence-electron chi connectivity index (χ2n) is 6.26. The number of alkyl halides is 3. The fourth-order valence-corrected chi connectivity index (χ4v) is 3.01. The summed E-state index contributed by atoms with van der Waals surface area (Å²) in [5, 5.41) is 6.20. The summed E-state index contributed by atoms with van der Waals surface area (Å²) in [6.45, 7) is 1.92. The first-order chi connectivity index (χ1) is 12.2. The lowest BCUT2D eigenvalue weighted by Gasteiger charge is -2.17. The lowest BCUT2D eigenvalue weighted by atomic mass is 9.87. The molecule has 1 aliphatic heterocycles. The lowest BCUT2D eigenvalue weighted by Crippen LogP contribution is -2.33. The highest BCUT2D eigenvalue weighted by Gasteiger charge is 2.44. The molecule has 1 aromatic carbocycles. The van der Waals surface area contributed by atoms with Crippen molar-refractivity contribution in [2.45, 2.75) is 19.0 Å². The molecule has 138 valence electrons. The van der Waals surface area contributed by atoms with Gasteiger partial charge in [-0.1, -0.05) is 17.3 Å². The van der Waals surface area contributed by atoms with Gasteiger partial charge in [0.25, 0.3) is 0 Å². The van der Waals surface area contributed by atoms with E-state index in [2.05, 4.69) is 10.5 Å². The van der Waals surface area contributed by atoms with Crippen molar-refractivity contribution in [3.63, 3.8) is 0 Å². The Morgan fingerprint density at radius 3 is 2.50 bits per heavy atom. The van der Waals surface area contributed by atoms with Crippen molar-refractivity contribution in [3.8, 4) is 0 Å². The number of anilines is 1. The minimum atomic E-state index is -4.44. The number of likely N-dealkylation sites (tertiary alicyclic amines) is 1. The van der Waals surface area contributed by atoms with Crippen molar-refractivity contribution in [3.05, 3.63) is 47.2 Å². The number of aromatic nitrogens is 1. The van der Waals surface area contributed by atoms with Crippen molar-refractivity contribution in [1.82, 2.24) is 10.1 Å². The normalized spacial score (nSPS) is 20.5. The van der Waals surface area contributed by atoms with Crippen molar-refractivity contribution in [2.75, 3.05) is 18.9 Å². The van der Waals surface area contributed by atoms with Crippen LogP contribution in [0.2, 0.25) is 0 Å². The third-order valence-electron chi connectivity index (χ3n) is 4.45. The number of nitrogens with zero attached hydrogens (tertiary/aromatic N) is 2. The monoisotopic (exact) mass is 367 g/mol. The maximum atomic E-state index is 12.7. The lowest BCUT2D eigenvalue weighted by molar-refractivity contribution is -0.138. The predicted octanol–water partition coefficient (Wildman–Crippen LogP) is 2.81. The van der Waals surface area contributed by atoms with Gasteiger partial charge in [-0.25, -0.2) is 0 Å². The fraction of sp³-hybridized carbons (Fsp3) is 0.353. The molecule has 0 spiro atoms. The van der Waals surface area contributed by atoms with Crippen LogP contribution in [-0.4, -0.2) is 35.5 Å². The van der Waals surface area contributed by atoms with Crippen LogP contribution in [-0.2, 0) is 15.8 Å². The van der Waals surface area contributed by atoms with E-state index in [0.29, 0.717) is 11.1 Å². The highest BCUT2D eigenvalue weighted by molar-refractivity contribution is 6.08. The molecule has 0 aliphatic carbocycles. The zero-order valence-corrected chi connectivity index (χ0v) is 14.0. The third kappa shape index (κ3) is 3.29. The molecule has 1 N–H and O–H groups in total. The van der Waals surface area contributed by atoms with E-state index in [-0.39, 0.29) is 12.4 Å². The topological polar surface area (TPSA) is 75.4 Å². The van der Waals surface area contributed by atoms with Crippen LogP contribution in [0.3, 0.4) is 0 Å². The van der Waals surface area contributed by atoms with Crippen LogP contribution in [0.5, 0.6) is 0 Å². The summed E-state index contributed by atoms with van der Waals surface area (Å²) in [5.74, 6) is -2.35. The van der Waals surface area contributed by atoms with Crippen LogP contribution >= 0.6 is 0 Å². The summed E-state index contributed by atoms with van der Waals surface area (Å²) in [6.07, 6.45) is -3.09. The van der Waals surface area contributed by atoms with Gasteiger partial charge in [0.1, 0.15) is 12.2 Å². The molecule has 1 fully saturated rings. The summed E-state index contributed by atoms with van der Waals surface area (Å²) in [4.78, 5) is 26.4. The molecule has 9 heteroatoms. The number of hydrogen-bond donors (Lipinski definition) is 1. The molecular weight excluding hydrogens is 351 g/mol. The van der Waals surface area contributed by atoms with Crippen LogP contribution in [0, 0.1) is 12.8 Å². The first-order valence-electron chi connectivity index (χ1n) is 7.82. The van der Waals surface area contributed by atoms with Gasteiger partial charge in [0.2, 0.25) is 11.8 Å². The standard InChI is InChI=1S/C17H16F3N3O3/c1-9-8-26-22-14(9)21-15(24)13-12(7-23(2)16(13)25)10-3-5-11(6-4-10)17(18,19)20/h3-6,8,12-13H,7H2,1-2H3,(H,21,22,24)/t12-,13+/m0/s1. The molecule has 3 rings (SSSR count). The van der Waals surface area contributed by atoms with E-state index in [0.717, 1.165) is 12.1 Å². The van der Waals surface area contributed by atoms with Gasteiger partial charge >= 0.3 is 6.18 Å². The van der Waals surface area contributed by atoms with Gasteiger partial charge in [0, 0.05) is 25.1 Å². The van der Waals surface area contributed by atoms with E-state index in [9.17, 15) is 22.8 Å². The molecule has 0 bridgehead atoms. The van der Waals surface area contributed by atoms with Gasteiger partial charge in [0.15, 0.2) is 5.82 Å². The number of hydrogen-bond acceptors (Lipinski definition) is 4. The highest BCUT2D eigenvalue weighted by Crippen LogP contribution is 2.36. The molecular formula is C17H16F3N3O3. The summed E-state index contributed by atoms with van der Waals surface area (Å²) < 4.78 is 42.9. The highest BCUT2D eigenvalue weighted by atomic mass is 19.4. The minimum Gasteiger partial charge on any atom is -0.362 e. The van der Waals surface area contributed by atoms with E-state index < -0.39 is 35.4 Å². The fourth-order valence-electron chi connectivity index (χ4n) is 3.01. The summed E-state index contributed by atoms with van der Waals surface area (Å²) >= 11 is 0. The van der Waals surface area contributed by atoms with Crippen LogP contribution < -0.4 is 5.32 Å². The number of aryl methyl sites for hydroxylation is 1. The average molecular weight is 367 g/mol. The van der Waals surface area contributed by atoms with E-state index in [1.54, 1.807) is 14.0 Å². The number of halogens is 3. The number of rotatable bonds is 3. The Morgan fingerprint density at radius 1 is 1.31 bits per heavy atom. The quantitative estimate of drug-likeness (QED) is 0.847. The molecule has 2 aromatic rings. The van der Waals surface area contributed by atoms with E-state index in [1.807, 2.05) is 0 Å². The number of likely N-dealkylation sites (N-methyl/N-ethyl adjacent to an activating group) is 1. The zero-order chi connectivity index (χ0) is 19.1. The van der Waals surface area contributed by atoms with Gasteiger partial charge in [-0.2, -0.15) is 13.2 Å². The maximum absolute atomic E-state index is 12.7. The Bertz CT molecular complexity index is 830. The second-order valence-corrected chi connectivity index (χ2v) is 6.26. The van der Waals surface area contributed by atoms with Gasteiger partial charge < -0.3 is 14.7 Å². The van der Waals surface area contributed by atoms with Crippen LogP contribution in [0.25, 0.3) is 0 Å². The molecule has 1 aliphatic rings. The van der Waals surface area contributed by atoms with Crippen LogP contribution in [0.15, 0.2) is 35.1 Å². The van der Waals surface area contributed by atoms with Crippen molar-refractivity contribution in [2.24, 2.45) is 5.92 Å². The Balaban J connectivity index is 1.86. The molecule has 1 saturated heterocycles. The molecule has 0 radical (unpaired) electrons. The summed E-state index contributed by atoms with van der Waals surface area (Å²) in [5.41, 5.74) is 0.314. The third-order valence-corrected chi connectivity index (χ3v) is 4.45. The smallest absolute Gasteiger partial charge is 0.362 e. The Morgan fingerprint density at radius 2 is 1.96 bits per heavy atom.